The molecule has 0 aromatic carbocycles. The van der Waals surface area contributed by atoms with Gasteiger partial charge in [-0.2, -0.15) is 0 Å². The third kappa shape index (κ3) is 1.85. The molecule has 15 heavy (non-hydrogen) atoms. The Hall–Kier alpha value is -1.43. The molecule has 0 unspecified atom stereocenters. The molecular formula is C9H7BrN2O3. The SMILES string of the molecule is CCOC(=O)c1cnc2c(Br)noc2c1. The summed E-state index contributed by atoms with van der Waals surface area (Å²) in [6.45, 7) is 2.08. The lowest BCUT2D eigenvalue weighted by Gasteiger charge is -1.99. The van der Waals surface area contributed by atoms with E-state index in [1.165, 1.54) is 6.20 Å². The fourth-order valence-corrected chi connectivity index (χ4v) is 1.50. The smallest absolute Gasteiger partial charge is 0.339 e. The third-order valence-electron chi connectivity index (χ3n) is 1.78. The summed E-state index contributed by atoms with van der Waals surface area (Å²) in [5.74, 6) is -0.417. The first kappa shape index (κ1) is 10.1. The van der Waals surface area contributed by atoms with Crippen LogP contribution in [0.2, 0.25) is 0 Å². The van der Waals surface area contributed by atoms with Gasteiger partial charge in [-0.1, -0.05) is 5.16 Å². The first-order valence-electron chi connectivity index (χ1n) is 4.30. The zero-order valence-electron chi connectivity index (χ0n) is 7.86. The topological polar surface area (TPSA) is 65.2 Å². The van der Waals surface area contributed by atoms with Gasteiger partial charge in [-0.05, 0) is 22.9 Å². The van der Waals surface area contributed by atoms with E-state index in [2.05, 4.69) is 26.1 Å². The number of rotatable bonds is 2. The molecule has 6 heteroatoms. The molecule has 0 amide bonds. The summed E-state index contributed by atoms with van der Waals surface area (Å²) in [5.41, 5.74) is 1.39. The van der Waals surface area contributed by atoms with Crippen molar-refractivity contribution in [1.82, 2.24) is 10.1 Å². The van der Waals surface area contributed by atoms with E-state index in [0.29, 0.717) is 27.9 Å². The molecule has 0 aliphatic carbocycles. The molecule has 0 spiro atoms. The lowest BCUT2D eigenvalue weighted by atomic mass is 10.2. The minimum atomic E-state index is -0.417. The second-order valence-corrected chi connectivity index (χ2v) is 3.52. The van der Waals surface area contributed by atoms with E-state index in [1.54, 1.807) is 13.0 Å². The van der Waals surface area contributed by atoms with Crippen LogP contribution >= 0.6 is 15.9 Å². The molecule has 0 bridgehead atoms. The van der Waals surface area contributed by atoms with Crippen molar-refractivity contribution in [2.45, 2.75) is 6.92 Å². The summed E-state index contributed by atoms with van der Waals surface area (Å²) < 4.78 is 10.3. The van der Waals surface area contributed by atoms with Gasteiger partial charge < -0.3 is 9.26 Å². The Morgan fingerprint density at radius 2 is 2.47 bits per heavy atom. The Bertz CT molecular complexity index is 509. The molecule has 0 fully saturated rings. The van der Waals surface area contributed by atoms with E-state index in [0.717, 1.165) is 0 Å². The van der Waals surface area contributed by atoms with Gasteiger partial charge in [-0.15, -0.1) is 0 Å². The number of esters is 1. The minimum Gasteiger partial charge on any atom is -0.462 e. The van der Waals surface area contributed by atoms with Crippen LogP contribution in [0.15, 0.2) is 21.4 Å². The maximum absolute atomic E-state index is 11.4. The summed E-state index contributed by atoms with van der Waals surface area (Å²) >= 11 is 3.18. The van der Waals surface area contributed by atoms with Crippen molar-refractivity contribution < 1.29 is 14.1 Å². The van der Waals surface area contributed by atoms with Crippen molar-refractivity contribution >= 4 is 33.0 Å². The van der Waals surface area contributed by atoms with Crippen LogP contribution in [0.5, 0.6) is 0 Å². The van der Waals surface area contributed by atoms with Crippen LogP contribution in [0, 0.1) is 0 Å². The molecule has 0 atom stereocenters. The number of halogens is 1. The highest BCUT2D eigenvalue weighted by molar-refractivity contribution is 9.10. The first-order valence-corrected chi connectivity index (χ1v) is 5.09. The Kier molecular flexibility index (Phi) is 2.68. The molecule has 2 rings (SSSR count). The highest BCUT2D eigenvalue weighted by Gasteiger charge is 2.12. The van der Waals surface area contributed by atoms with Gasteiger partial charge in [-0.3, -0.25) is 0 Å². The molecule has 0 radical (unpaired) electrons. The van der Waals surface area contributed by atoms with Crippen molar-refractivity contribution in [2.75, 3.05) is 6.61 Å². The highest BCUT2D eigenvalue weighted by Crippen LogP contribution is 2.21. The van der Waals surface area contributed by atoms with Crippen LogP contribution in [-0.4, -0.2) is 22.7 Å². The summed E-state index contributed by atoms with van der Waals surface area (Å²) in [7, 11) is 0. The van der Waals surface area contributed by atoms with Crippen LogP contribution < -0.4 is 0 Å². The van der Waals surface area contributed by atoms with Gasteiger partial charge >= 0.3 is 5.97 Å². The quantitative estimate of drug-likeness (QED) is 0.783. The van der Waals surface area contributed by atoms with Crippen molar-refractivity contribution in [2.24, 2.45) is 0 Å². The number of fused-ring (bicyclic) bond motifs is 1. The zero-order valence-corrected chi connectivity index (χ0v) is 9.44. The summed E-state index contributed by atoms with van der Waals surface area (Å²) in [4.78, 5) is 15.4. The number of nitrogens with zero attached hydrogens (tertiary/aromatic N) is 2. The molecule has 2 heterocycles. The standard InChI is InChI=1S/C9H7BrN2O3/c1-2-14-9(13)5-3-6-7(11-4-5)8(10)12-15-6/h3-4H,2H2,1H3. The van der Waals surface area contributed by atoms with Gasteiger partial charge in [0.05, 0.1) is 12.2 Å². The molecule has 2 aromatic heterocycles. The molecule has 78 valence electrons. The zero-order chi connectivity index (χ0) is 10.8. The summed E-state index contributed by atoms with van der Waals surface area (Å²) in [6, 6.07) is 1.55. The van der Waals surface area contributed by atoms with E-state index < -0.39 is 5.97 Å². The Balaban J connectivity index is 2.43. The van der Waals surface area contributed by atoms with Gasteiger partial charge in [0.2, 0.25) is 0 Å². The normalized spacial score (nSPS) is 10.5. The fraction of sp³-hybridized carbons (Fsp3) is 0.222. The van der Waals surface area contributed by atoms with Gasteiger partial charge in [0.15, 0.2) is 10.2 Å². The van der Waals surface area contributed by atoms with Gasteiger partial charge in [0.25, 0.3) is 0 Å². The number of ether oxygens (including phenoxy) is 1. The van der Waals surface area contributed by atoms with Gasteiger partial charge in [-0.25, -0.2) is 9.78 Å². The second kappa shape index (κ2) is 3.98. The third-order valence-corrected chi connectivity index (χ3v) is 2.30. The lowest BCUT2D eigenvalue weighted by Crippen LogP contribution is -2.04. The van der Waals surface area contributed by atoms with Crippen molar-refractivity contribution in [3.63, 3.8) is 0 Å². The van der Waals surface area contributed by atoms with Crippen LogP contribution in [-0.2, 0) is 4.74 Å². The highest BCUT2D eigenvalue weighted by atomic mass is 79.9. The maximum Gasteiger partial charge on any atom is 0.339 e. The van der Waals surface area contributed by atoms with Crippen LogP contribution in [0.4, 0.5) is 0 Å². The minimum absolute atomic E-state index is 0.330. The number of aromatic nitrogens is 2. The van der Waals surface area contributed by atoms with E-state index >= 15 is 0 Å². The maximum atomic E-state index is 11.4. The average Bonchev–Trinajstić information content (AvgIpc) is 2.60. The predicted octanol–water partition coefficient (Wildman–Crippen LogP) is 2.16. The number of pyridine rings is 1. The second-order valence-electron chi connectivity index (χ2n) is 2.76. The van der Waals surface area contributed by atoms with Crippen molar-refractivity contribution in [1.29, 1.82) is 0 Å². The molecule has 0 aliphatic heterocycles. The van der Waals surface area contributed by atoms with Crippen molar-refractivity contribution in [3.05, 3.63) is 22.4 Å². The molecule has 0 N–H and O–H groups in total. The van der Waals surface area contributed by atoms with Crippen LogP contribution in [0.3, 0.4) is 0 Å². The average molecular weight is 271 g/mol. The number of carbonyl (C=O) groups excluding carboxylic acids is 1. The van der Waals surface area contributed by atoms with Crippen molar-refractivity contribution in [3.8, 4) is 0 Å². The monoisotopic (exact) mass is 270 g/mol. The first-order chi connectivity index (χ1) is 7.22. The molecular weight excluding hydrogens is 264 g/mol. The van der Waals surface area contributed by atoms with Gasteiger partial charge in [0, 0.05) is 12.3 Å². The van der Waals surface area contributed by atoms with E-state index in [-0.39, 0.29) is 0 Å². The molecule has 5 nitrogen and oxygen atoms in total. The van der Waals surface area contributed by atoms with E-state index in [9.17, 15) is 4.79 Å². The largest absolute Gasteiger partial charge is 0.462 e. The predicted molar refractivity (Wildman–Crippen MR) is 55.5 cm³/mol. The van der Waals surface area contributed by atoms with Crippen LogP contribution in [0.25, 0.3) is 11.1 Å². The Morgan fingerprint density at radius 1 is 1.67 bits per heavy atom. The molecule has 0 aliphatic rings. The lowest BCUT2D eigenvalue weighted by molar-refractivity contribution is 0.0526. The number of hydrogen-bond acceptors (Lipinski definition) is 5. The van der Waals surface area contributed by atoms with E-state index in [1.807, 2.05) is 0 Å². The molecule has 0 saturated carbocycles. The van der Waals surface area contributed by atoms with E-state index in [4.69, 9.17) is 9.26 Å². The van der Waals surface area contributed by atoms with Crippen LogP contribution in [0.1, 0.15) is 17.3 Å². The van der Waals surface area contributed by atoms with Gasteiger partial charge in [0.1, 0.15) is 5.52 Å². The number of hydrogen-bond donors (Lipinski definition) is 0. The Labute approximate surface area is 93.5 Å². The molecule has 0 saturated heterocycles. The fourth-order valence-electron chi connectivity index (χ4n) is 1.13. The molecule has 2 aromatic rings. The summed E-state index contributed by atoms with van der Waals surface area (Å²) in [5, 5.41) is 3.67. The summed E-state index contributed by atoms with van der Waals surface area (Å²) in [6.07, 6.45) is 1.43. The number of carbonyl (C=O) groups is 1. The Morgan fingerprint density at radius 3 is 3.20 bits per heavy atom.